The summed E-state index contributed by atoms with van der Waals surface area (Å²) in [4.78, 5) is 11.1. The Morgan fingerprint density at radius 2 is 2.50 bits per heavy atom. The van der Waals surface area contributed by atoms with Crippen molar-refractivity contribution in [2.45, 2.75) is 31.9 Å². The van der Waals surface area contributed by atoms with E-state index in [0.29, 0.717) is 19.6 Å². The van der Waals surface area contributed by atoms with Gasteiger partial charge in [-0.25, -0.2) is 0 Å². The number of carbonyl (C=O) groups is 1. The Balaban J connectivity index is 2.41. The van der Waals surface area contributed by atoms with E-state index in [0.717, 1.165) is 0 Å². The lowest BCUT2D eigenvalue weighted by atomic mass is 10.0. The summed E-state index contributed by atoms with van der Waals surface area (Å²) in [6.45, 7) is 4.32. The molecule has 0 amide bonds. The van der Waals surface area contributed by atoms with Crippen molar-refractivity contribution in [3.63, 3.8) is 0 Å². The molecular formula is C8H15NO3. The lowest BCUT2D eigenvalue weighted by molar-refractivity contribution is -0.145. The average Bonchev–Trinajstić information content (AvgIpc) is 2.31. The van der Waals surface area contributed by atoms with Gasteiger partial charge in [-0.15, -0.1) is 0 Å². The SMILES string of the molecule is CCOC(=O)[C@@H]1CC(C)(O)CN1. The van der Waals surface area contributed by atoms with Crippen LogP contribution in [0.2, 0.25) is 0 Å². The second-order valence-electron chi connectivity index (χ2n) is 3.39. The summed E-state index contributed by atoms with van der Waals surface area (Å²) in [5.74, 6) is -0.268. The smallest absolute Gasteiger partial charge is 0.323 e. The highest BCUT2D eigenvalue weighted by Gasteiger charge is 2.37. The first-order valence-electron chi connectivity index (χ1n) is 4.17. The molecule has 1 unspecified atom stereocenters. The average molecular weight is 173 g/mol. The van der Waals surface area contributed by atoms with Gasteiger partial charge < -0.3 is 15.2 Å². The van der Waals surface area contributed by atoms with E-state index in [-0.39, 0.29) is 12.0 Å². The number of ether oxygens (including phenoxy) is 1. The predicted octanol–water partition coefficient (Wildman–Crippen LogP) is -0.338. The molecule has 0 bridgehead atoms. The van der Waals surface area contributed by atoms with Crippen LogP contribution >= 0.6 is 0 Å². The van der Waals surface area contributed by atoms with Crippen LogP contribution in [0.15, 0.2) is 0 Å². The molecule has 1 fully saturated rings. The van der Waals surface area contributed by atoms with Gasteiger partial charge in [-0.3, -0.25) is 4.79 Å². The van der Waals surface area contributed by atoms with E-state index >= 15 is 0 Å². The highest BCUT2D eigenvalue weighted by Crippen LogP contribution is 2.18. The third-order valence-corrected chi connectivity index (χ3v) is 1.94. The molecule has 2 N–H and O–H groups in total. The van der Waals surface area contributed by atoms with Crippen molar-refractivity contribution in [1.29, 1.82) is 0 Å². The number of esters is 1. The van der Waals surface area contributed by atoms with Gasteiger partial charge in [0.1, 0.15) is 6.04 Å². The molecule has 1 aliphatic heterocycles. The van der Waals surface area contributed by atoms with E-state index in [9.17, 15) is 9.90 Å². The Bertz CT molecular complexity index is 179. The molecular weight excluding hydrogens is 158 g/mol. The summed E-state index contributed by atoms with van der Waals surface area (Å²) in [5, 5.41) is 12.4. The molecule has 0 aromatic rings. The van der Waals surface area contributed by atoms with Gasteiger partial charge in [0.25, 0.3) is 0 Å². The molecule has 0 aliphatic carbocycles. The van der Waals surface area contributed by atoms with E-state index in [1.54, 1.807) is 13.8 Å². The van der Waals surface area contributed by atoms with Crippen molar-refractivity contribution >= 4 is 5.97 Å². The third-order valence-electron chi connectivity index (χ3n) is 1.94. The van der Waals surface area contributed by atoms with Gasteiger partial charge >= 0.3 is 5.97 Å². The molecule has 12 heavy (non-hydrogen) atoms. The van der Waals surface area contributed by atoms with Crippen LogP contribution < -0.4 is 5.32 Å². The van der Waals surface area contributed by atoms with Crippen molar-refractivity contribution in [1.82, 2.24) is 5.32 Å². The second kappa shape index (κ2) is 3.41. The summed E-state index contributed by atoms with van der Waals surface area (Å²) < 4.78 is 4.81. The van der Waals surface area contributed by atoms with Crippen LogP contribution in [0.3, 0.4) is 0 Å². The van der Waals surface area contributed by atoms with Gasteiger partial charge in [-0.05, 0) is 13.8 Å². The van der Waals surface area contributed by atoms with Crippen molar-refractivity contribution in [2.75, 3.05) is 13.2 Å². The van der Waals surface area contributed by atoms with E-state index < -0.39 is 5.60 Å². The zero-order valence-electron chi connectivity index (χ0n) is 7.46. The lowest BCUT2D eigenvalue weighted by Gasteiger charge is -2.13. The topological polar surface area (TPSA) is 58.6 Å². The van der Waals surface area contributed by atoms with E-state index in [4.69, 9.17) is 4.74 Å². The molecule has 0 radical (unpaired) electrons. The molecule has 1 heterocycles. The zero-order chi connectivity index (χ0) is 9.19. The summed E-state index contributed by atoms with van der Waals surface area (Å²) in [6, 6.07) is -0.333. The Morgan fingerprint density at radius 1 is 1.83 bits per heavy atom. The molecule has 0 saturated carbocycles. The van der Waals surface area contributed by atoms with Gasteiger partial charge in [-0.1, -0.05) is 0 Å². The van der Waals surface area contributed by atoms with Crippen LogP contribution in [0.5, 0.6) is 0 Å². The highest BCUT2D eigenvalue weighted by atomic mass is 16.5. The maximum absolute atomic E-state index is 11.1. The Kier molecular flexibility index (Phi) is 2.69. The molecule has 70 valence electrons. The van der Waals surface area contributed by atoms with E-state index in [1.165, 1.54) is 0 Å². The van der Waals surface area contributed by atoms with Crippen LogP contribution in [0, 0.1) is 0 Å². The van der Waals surface area contributed by atoms with Gasteiger partial charge in [0.15, 0.2) is 0 Å². The standard InChI is InChI=1S/C8H15NO3/c1-3-12-7(10)6-4-8(2,11)5-9-6/h6,9,11H,3-5H2,1-2H3/t6-,8?/m0/s1. The summed E-state index contributed by atoms with van der Waals surface area (Å²) in [7, 11) is 0. The van der Waals surface area contributed by atoms with Crippen molar-refractivity contribution in [2.24, 2.45) is 0 Å². The number of carbonyl (C=O) groups excluding carboxylic acids is 1. The number of nitrogens with one attached hydrogen (secondary N) is 1. The Labute approximate surface area is 71.9 Å². The summed E-state index contributed by atoms with van der Waals surface area (Å²) in [6.07, 6.45) is 0.436. The number of rotatable bonds is 2. The van der Waals surface area contributed by atoms with E-state index in [2.05, 4.69) is 5.32 Å². The molecule has 2 atom stereocenters. The molecule has 1 aliphatic rings. The van der Waals surface area contributed by atoms with Crippen LogP contribution in [0.4, 0.5) is 0 Å². The molecule has 4 nitrogen and oxygen atoms in total. The van der Waals surface area contributed by atoms with Crippen molar-refractivity contribution in [3.05, 3.63) is 0 Å². The molecule has 0 spiro atoms. The molecule has 1 saturated heterocycles. The minimum absolute atomic E-state index is 0.268. The lowest BCUT2D eigenvalue weighted by Crippen LogP contribution is -2.32. The molecule has 0 aromatic carbocycles. The fourth-order valence-electron chi connectivity index (χ4n) is 1.34. The quantitative estimate of drug-likeness (QED) is 0.561. The van der Waals surface area contributed by atoms with Gasteiger partial charge in [-0.2, -0.15) is 0 Å². The zero-order valence-corrected chi connectivity index (χ0v) is 7.46. The minimum Gasteiger partial charge on any atom is -0.465 e. The fraction of sp³-hybridized carbons (Fsp3) is 0.875. The number of hydrogen-bond donors (Lipinski definition) is 2. The largest absolute Gasteiger partial charge is 0.465 e. The maximum atomic E-state index is 11.1. The van der Waals surface area contributed by atoms with Crippen molar-refractivity contribution in [3.8, 4) is 0 Å². The number of aliphatic hydroxyl groups is 1. The molecule has 1 rings (SSSR count). The first kappa shape index (κ1) is 9.48. The Morgan fingerprint density at radius 3 is 2.92 bits per heavy atom. The van der Waals surface area contributed by atoms with Crippen LogP contribution in [0.1, 0.15) is 20.3 Å². The van der Waals surface area contributed by atoms with Crippen LogP contribution in [-0.2, 0) is 9.53 Å². The van der Waals surface area contributed by atoms with Crippen molar-refractivity contribution < 1.29 is 14.6 Å². The second-order valence-corrected chi connectivity index (χ2v) is 3.39. The first-order valence-corrected chi connectivity index (χ1v) is 4.17. The normalized spacial score (nSPS) is 35.1. The summed E-state index contributed by atoms with van der Waals surface area (Å²) >= 11 is 0. The van der Waals surface area contributed by atoms with Crippen LogP contribution in [-0.4, -0.2) is 35.9 Å². The van der Waals surface area contributed by atoms with Gasteiger partial charge in [0, 0.05) is 13.0 Å². The Hall–Kier alpha value is -0.610. The highest BCUT2D eigenvalue weighted by molar-refractivity contribution is 5.76. The first-order chi connectivity index (χ1) is 5.55. The van der Waals surface area contributed by atoms with Gasteiger partial charge in [0.2, 0.25) is 0 Å². The maximum Gasteiger partial charge on any atom is 0.323 e. The third kappa shape index (κ3) is 2.19. The molecule has 0 aromatic heterocycles. The monoisotopic (exact) mass is 173 g/mol. The number of β-amino-alcohol motifs (C(OH)–C–C–N with tert-alkyl or cyclic N) is 1. The predicted molar refractivity (Wildman–Crippen MR) is 43.7 cm³/mol. The number of hydrogen-bond acceptors (Lipinski definition) is 4. The fourth-order valence-corrected chi connectivity index (χ4v) is 1.34. The van der Waals surface area contributed by atoms with Gasteiger partial charge in [0.05, 0.1) is 12.2 Å². The van der Waals surface area contributed by atoms with Crippen LogP contribution in [0.25, 0.3) is 0 Å². The molecule has 4 heteroatoms. The van der Waals surface area contributed by atoms with E-state index in [1.807, 2.05) is 0 Å². The summed E-state index contributed by atoms with van der Waals surface area (Å²) in [5.41, 5.74) is -0.766. The minimum atomic E-state index is -0.766.